The molecule has 0 amide bonds. The average Bonchev–Trinajstić information content (AvgIpc) is 2.14. The molecule has 0 bridgehead atoms. The van der Waals surface area contributed by atoms with Crippen molar-refractivity contribution in [3.8, 4) is 0 Å². The molecule has 1 aromatic rings. The number of nitrogens with zero attached hydrogens (tertiary/aromatic N) is 1. The van der Waals surface area contributed by atoms with Gasteiger partial charge in [-0.05, 0) is 12.1 Å². The molecule has 1 heterocycles. The van der Waals surface area contributed by atoms with Crippen LogP contribution in [0.2, 0.25) is 0 Å². The lowest BCUT2D eigenvalue weighted by molar-refractivity contribution is 1.23. The number of hydrogen-bond acceptors (Lipinski definition) is 1. The van der Waals surface area contributed by atoms with Crippen LogP contribution in [0.15, 0.2) is 24.5 Å². The molecule has 7 heavy (non-hydrogen) atoms. The summed E-state index contributed by atoms with van der Waals surface area (Å²) in [5.74, 6) is 0. The van der Waals surface area contributed by atoms with Gasteiger partial charge in [-0.3, -0.25) is 0 Å². The zero-order valence-corrected chi connectivity index (χ0v) is 4.56. The molecule has 2 heteroatoms. The van der Waals surface area contributed by atoms with Crippen molar-refractivity contribution in [3.05, 3.63) is 24.5 Å². The minimum Gasteiger partial charge on any atom is -0.321 e. The monoisotopic (exact) mass is 111 g/mol. The molecule has 0 fully saturated rings. The quantitative estimate of drug-likeness (QED) is 0.494. The Kier molecular flexibility index (Phi) is 1.22. The summed E-state index contributed by atoms with van der Waals surface area (Å²) >= 11 is 4.61. The van der Waals surface area contributed by atoms with Gasteiger partial charge in [0.05, 0.1) is 5.49 Å². The topological polar surface area (TPSA) is 4.93 Å². The van der Waals surface area contributed by atoms with Crippen LogP contribution in [0.5, 0.6) is 0 Å². The van der Waals surface area contributed by atoms with Gasteiger partial charge in [-0.15, -0.1) is 0 Å². The molecule has 0 aliphatic carbocycles. The van der Waals surface area contributed by atoms with Crippen LogP contribution in [0, 0.1) is 0 Å². The molecule has 0 radical (unpaired) electrons. The summed E-state index contributed by atoms with van der Waals surface area (Å²) in [6, 6.07) is 3.87. The Morgan fingerprint density at radius 1 is 1.29 bits per heavy atom. The highest BCUT2D eigenvalue weighted by atomic mass is 32.1. The van der Waals surface area contributed by atoms with Crippen LogP contribution in [-0.4, -0.2) is 10.1 Å². The molecule has 1 aromatic heterocycles. The molecule has 0 unspecified atom stereocenters. The van der Waals surface area contributed by atoms with Crippen LogP contribution < -0.4 is 0 Å². The van der Waals surface area contributed by atoms with Crippen LogP contribution >= 0.6 is 12.2 Å². The molecule has 0 N–H and O–H groups in total. The Morgan fingerprint density at radius 2 is 1.86 bits per heavy atom. The van der Waals surface area contributed by atoms with Gasteiger partial charge in [0.25, 0.3) is 0 Å². The summed E-state index contributed by atoms with van der Waals surface area (Å²) in [4.78, 5) is 0. The van der Waals surface area contributed by atoms with E-state index >= 15 is 0 Å². The Bertz CT molecular complexity index is 143. The molecular weight excluding hydrogens is 106 g/mol. The van der Waals surface area contributed by atoms with E-state index in [1.165, 1.54) is 0 Å². The van der Waals surface area contributed by atoms with Crippen LogP contribution in [0.3, 0.4) is 0 Å². The predicted molar refractivity (Wildman–Crippen MR) is 33.5 cm³/mol. The van der Waals surface area contributed by atoms with Gasteiger partial charge >= 0.3 is 0 Å². The van der Waals surface area contributed by atoms with Gasteiger partial charge in [0.2, 0.25) is 0 Å². The van der Waals surface area contributed by atoms with Crippen LogP contribution in [0.1, 0.15) is 0 Å². The van der Waals surface area contributed by atoms with Crippen LogP contribution in [0.4, 0.5) is 0 Å². The van der Waals surface area contributed by atoms with E-state index in [2.05, 4.69) is 12.2 Å². The fourth-order valence-corrected chi connectivity index (χ4v) is 0.559. The van der Waals surface area contributed by atoms with Crippen molar-refractivity contribution in [1.29, 1.82) is 0 Å². The summed E-state index contributed by atoms with van der Waals surface area (Å²) in [7, 11) is 0. The van der Waals surface area contributed by atoms with E-state index in [1.807, 2.05) is 29.1 Å². The highest BCUT2D eigenvalue weighted by molar-refractivity contribution is 7.78. The van der Waals surface area contributed by atoms with Crippen LogP contribution in [-0.2, 0) is 0 Å². The predicted octanol–water partition coefficient (Wildman–Crippen LogP) is 1.29. The van der Waals surface area contributed by atoms with Crippen molar-refractivity contribution in [2.45, 2.75) is 0 Å². The fraction of sp³-hybridized carbons (Fsp3) is 0. The summed E-state index contributed by atoms with van der Waals surface area (Å²) in [6.07, 6.45) is 3.79. The largest absolute Gasteiger partial charge is 0.321 e. The Balaban J connectivity index is 2.96. The lowest BCUT2D eigenvalue weighted by Crippen LogP contribution is -1.83. The second kappa shape index (κ2) is 1.89. The molecule has 0 aliphatic rings. The Hall–Kier alpha value is -0.630. The van der Waals surface area contributed by atoms with Gasteiger partial charge in [0, 0.05) is 12.4 Å². The lowest BCUT2D eigenvalue weighted by atomic mass is 10.7. The number of hydrogen-bond donors (Lipinski definition) is 0. The van der Waals surface area contributed by atoms with Crippen molar-refractivity contribution in [2.24, 2.45) is 0 Å². The maximum atomic E-state index is 4.61. The van der Waals surface area contributed by atoms with Gasteiger partial charge in [0.1, 0.15) is 0 Å². The second-order valence-corrected chi connectivity index (χ2v) is 1.45. The number of rotatable bonds is 1. The summed E-state index contributed by atoms with van der Waals surface area (Å²) in [5.41, 5.74) is 1.58. The first-order valence-corrected chi connectivity index (χ1v) is 2.48. The van der Waals surface area contributed by atoms with Crippen molar-refractivity contribution in [1.82, 2.24) is 4.57 Å². The maximum Gasteiger partial charge on any atom is 0.0721 e. The van der Waals surface area contributed by atoms with Crippen molar-refractivity contribution >= 4 is 17.7 Å². The van der Waals surface area contributed by atoms with E-state index in [4.69, 9.17) is 0 Å². The van der Waals surface area contributed by atoms with Gasteiger partial charge in [0.15, 0.2) is 0 Å². The molecule has 0 aromatic carbocycles. The highest BCUT2D eigenvalue weighted by Gasteiger charge is 1.73. The summed E-state index contributed by atoms with van der Waals surface area (Å²) in [6.45, 7) is 0. The Labute approximate surface area is 47.6 Å². The average molecular weight is 111 g/mol. The first-order valence-electron chi connectivity index (χ1n) is 2.01. The van der Waals surface area contributed by atoms with Crippen molar-refractivity contribution in [2.75, 3.05) is 0 Å². The van der Waals surface area contributed by atoms with Gasteiger partial charge in [-0.25, -0.2) is 0 Å². The van der Waals surface area contributed by atoms with E-state index in [0.717, 1.165) is 0 Å². The second-order valence-electron chi connectivity index (χ2n) is 1.24. The smallest absolute Gasteiger partial charge is 0.0721 e. The zero-order chi connectivity index (χ0) is 5.11. The first kappa shape index (κ1) is 4.53. The van der Waals surface area contributed by atoms with Gasteiger partial charge < -0.3 is 4.57 Å². The number of thiocarbonyl (C=S) groups is 1. The van der Waals surface area contributed by atoms with E-state index in [9.17, 15) is 0 Å². The third-order valence-corrected chi connectivity index (χ3v) is 0.993. The van der Waals surface area contributed by atoms with Crippen molar-refractivity contribution < 1.29 is 0 Å². The van der Waals surface area contributed by atoms with Gasteiger partial charge in [-0.1, -0.05) is 12.2 Å². The van der Waals surface area contributed by atoms with E-state index in [-0.39, 0.29) is 0 Å². The SMILES string of the molecule is S=Cn1cccc1. The molecule has 1 rings (SSSR count). The minimum atomic E-state index is 1.58. The maximum absolute atomic E-state index is 4.61. The third-order valence-electron chi connectivity index (χ3n) is 0.749. The van der Waals surface area contributed by atoms with Crippen molar-refractivity contribution in [3.63, 3.8) is 0 Å². The molecule has 0 atom stereocenters. The van der Waals surface area contributed by atoms with Crippen LogP contribution in [0.25, 0.3) is 0 Å². The number of aromatic nitrogens is 1. The molecule has 0 saturated carbocycles. The molecule has 1 nitrogen and oxygen atoms in total. The molecule has 0 aliphatic heterocycles. The van der Waals surface area contributed by atoms with E-state index < -0.39 is 0 Å². The summed E-state index contributed by atoms with van der Waals surface area (Å²) < 4.78 is 1.81. The standard InChI is InChI=1S/C5H5NS/c7-5-6-3-1-2-4-6/h1-5H. The van der Waals surface area contributed by atoms with Gasteiger partial charge in [-0.2, -0.15) is 0 Å². The fourth-order valence-electron chi connectivity index (χ4n) is 0.418. The highest BCUT2D eigenvalue weighted by Crippen LogP contribution is 1.82. The molecule has 36 valence electrons. The Morgan fingerprint density at radius 3 is 2.14 bits per heavy atom. The zero-order valence-electron chi connectivity index (χ0n) is 3.74. The normalized spacial score (nSPS) is 8.57. The summed E-state index contributed by atoms with van der Waals surface area (Å²) in [5, 5.41) is 0. The molecular formula is C5H5NS. The molecule has 0 spiro atoms. The van der Waals surface area contributed by atoms with E-state index in [0.29, 0.717) is 0 Å². The minimum absolute atomic E-state index is 1.58. The third kappa shape index (κ3) is 0.871. The first-order chi connectivity index (χ1) is 3.43. The lowest BCUT2D eigenvalue weighted by Gasteiger charge is -1.81. The van der Waals surface area contributed by atoms with E-state index in [1.54, 1.807) is 5.49 Å². The molecule has 0 saturated heterocycles.